The Morgan fingerprint density at radius 2 is 1.61 bits per heavy atom. The first kappa shape index (κ1) is 24.6. The highest BCUT2D eigenvalue weighted by Gasteiger charge is 2.24. The van der Waals surface area contributed by atoms with Gasteiger partial charge in [0.05, 0.1) is 21.4 Å². The van der Waals surface area contributed by atoms with Crippen molar-refractivity contribution in [2.45, 2.75) is 63.5 Å². The molecule has 0 amide bonds. The minimum absolute atomic E-state index is 0.287. The van der Waals surface area contributed by atoms with Crippen molar-refractivity contribution in [1.82, 2.24) is 15.3 Å². The van der Waals surface area contributed by atoms with Gasteiger partial charge in [-0.15, -0.1) is 0 Å². The van der Waals surface area contributed by atoms with E-state index in [1.54, 1.807) is 12.1 Å². The smallest absolute Gasteiger partial charge is 0.225 e. The van der Waals surface area contributed by atoms with E-state index in [9.17, 15) is 0 Å². The highest BCUT2D eigenvalue weighted by Crippen LogP contribution is 2.34. The highest BCUT2D eigenvalue weighted by atomic mass is 35.5. The van der Waals surface area contributed by atoms with Crippen LogP contribution in [0.2, 0.25) is 15.1 Å². The van der Waals surface area contributed by atoms with Gasteiger partial charge in [0, 0.05) is 36.8 Å². The van der Waals surface area contributed by atoms with Gasteiger partial charge in [0.1, 0.15) is 5.82 Å². The number of fused-ring (bicyclic) bond motifs is 1. The molecule has 3 N–H and O–H groups in total. The second-order valence-corrected chi connectivity index (χ2v) is 10.6. The number of benzene rings is 1. The molecule has 0 aliphatic heterocycles. The summed E-state index contributed by atoms with van der Waals surface area (Å²) in [5, 5.41) is 12.0. The minimum atomic E-state index is 0.287. The zero-order chi connectivity index (χ0) is 23.5. The van der Waals surface area contributed by atoms with Crippen LogP contribution in [0.25, 0.3) is 0 Å². The summed E-state index contributed by atoms with van der Waals surface area (Å²) in [4.78, 5) is 11.8. The molecule has 178 valence electrons. The Bertz CT molecular complexity index is 1000. The standard InChI is InChI=1S/C23H29Cl3N6S/c1-32(2)21-16-5-3-4-6-19(16)29-22(31-21)27-14-7-9-15(10-8-14)28-23(33)30-20-17(25)11-13(24)12-18(20)26/h11-12,14-15H,3-10H2,1-2H3,(H,27,29,31)(H2,28,30,33). The van der Waals surface area contributed by atoms with Crippen LogP contribution in [0.3, 0.4) is 0 Å². The highest BCUT2D eigenvalue weighted by molar-refractivity contribution is 7.80. The van der Waals surface area contributed by atoms with Crippen molar-refractivity contribution in [2.24, 2.45) is 0 Å². The Morgan fingerprint density at radius 1 is 0.970 bits per heavy atom. The molecular formula is C23H29Cl3N6S. The maximum atomic E-state index is 6.25. The molecule has 1 saturated carbocycles. The van der Waals surface area contributed by atoms with Crippen LogP contribution in [0.4, 0.5) is 17.5 Å². The Balaban J connectivity index is 1.31. The lowest BCUT2D eigenvalue weighted by Crippen LogP contribution is -2.42. The van der Waals surface area contributed by atoms with Gasteiger partial charge in [-0.05, 0) is 75.7 Å². The second kappa shape index (κ2) is 10.8. The first-order valence-electron chi connectivity index (χ1n) is 11.4. The number of hydrogen-bond donors (Lipinski definition) is 3. The fourth-order valence-electron chi connectivity index (χ4n) is 4.57. The predicted molar refractivity (Wildman–Crippen MR) is 143 cm³/mol. The molecule has 0 spiro atoms. The number of anilines is 3. The third kappa shape index (κ3) is 6.13. The van der Waals surface area contributed by atoms with Crippen molar-refractivity contribution in [3.63, 3.8) is 0 Å². The van der Waals surface area contributed by atoms with Gasteiger partial charge in [0.2, 0.25) is 5.95 Å². The summed E-state index contributed by atoms with van der Waals surface area (Å²) < 4.78 is 0. The van der Waals surface area contributed by atoms with Crippen molar-refractivity contribution < 1.29 is 0 Å². The Morgan fingerprint density at radius 3 is 2.27 bits per heavy atom. The molecule has 10 heteroatoms. The number of aryl methyl sites for hydroxylation is 1. The van der Waals surface area contributed by atoms with Crippen LogP contribution in [-0.2, 0) is 12.8 Å². The molecule has 0 unspecified atom stereocenters. The lowest BCUT2D eigenvalue weighted by molar-refractivity contribution is 0.387. The minimum Gasteiger partial charge on any atom is -0.362 e. The molecule has 0 radical (unpaired) electrons. The normalized spacial score (nSPS) is 20.0. The van der Waals surface area contributed by atoms with Crippen LogP contribution in [0.5, 0.6) is 0 Å². The van der Waals surface area contributed by atoms with E-state index in [0.29, 0.717) is 31.9 Å². The van der Waals surface area contributed by atoms with Gasteiger partial charge in [-0.1, -0.05) is 34.8 Å². The maximum Gasteiger partial charge on any atom is 0.225 e. The number of rotatable bonds is 5. The van der Waals surface area contributed by atoms with Crippen LogP contribution in [0, 0.1) is 0 Å². The molecule has 1 heterocycles. The van der Waals surface area contributed by atoms with Crippen molar-refractivity contribution in [1.29, 1.82) is 0 Å². The first-order valence-corrected chi connectivity index (χ1v) is 12.9. The quantitative estimate of drug-likeness (QED) is 0.407. The van der Waals surface area contributed by atoms with Gasteiger partial charge in [0.15, 0.2) is 5.11 Å². The molecule has 1 aromatic heterocycles. The average Bonchev–Trinajstić information content (AvgIpc) is 2.77. The molecular weight excluding hydrogens is 499 g/mol. The van der Waals surface area contributed by atoms with Crippen LogP contribution < -0.4 is 20.9 Å². The van der Waals surface area contributed by atoms with Gasteiger partial charge in [-0.2, -0.15) is 4.98 Å². The van der Waals surface area contributed by atoms with E-state index in [2.05, 4.69) is 34.9 Å². The Labute approximate surface area is 215 Å². The van der Waals surface area contributed by atoms with Gasteiger partial charge in [-0.3, -0.25) is 0 Å². The molecule has 2 aliphatic rings. The maximum absolute atomic E-state index is 6.25. The molecule has 2 aromatic rings. The van der Waals surface area contributed by atoms with E-state index >= 15 is 0 Å². The average molecular weight is 528 g/mol. The lowest BCUT2D eigenvalue weighted by Gasteiger charge is -2.31. The summed E-state index contributed by atoms with van der Waals surface area (Å²) >= 11 is 24.0. The van der Waals surface area contributed by atoms with E-state index < -0.39 is 0 Å². The fraction of sp³-hybridized carbons (Fsp3) is 0.522. The number of thiocarbonyl (C=S) groups is 1. The van der Waals surface area contributed by atoms with Gasteiger partial charge in [0.25, 0.3) is 0 Å². The van der Waals surface area contributed by atoms with E-state index in [1.807, 2.05) is 0 Å². The summed E-state index contributed by atoms with van der Waals surface area (Å²) in [5.74, 6) is 1.80. The third-order valence-corrected chi connectivity index (χ3v) is 7.26. The fourth-order valence-corrected chi connectivity index (χ4v) is 5.75. The first-order chi connectivity index (χ1) is 15.8. The molecule has 0 bridgehead atoms. The largest absolute Gasteiger partial charge is 0.362 e. The van der Waals surface area contributed by atoms with Crippen molar-refractivity contribution in [3.05, 3.63) is 38.5 Å². The third-order valence-electron chi connectivity index (χ3n) is 6.23. The lowest BCUT2D eigenvalue weighted by atomic mass is 9.91. The van der Waals surface area contributed by atoms with E-state index in [0.717, 1.165) is 50.3 Å². The van der Waals surface area contributed by atoms with E-state index in [-0.39, 0.29) is 6.04 Å². The van der Waals surface area contributed by atoms with E-state index in [4.69, 9.17) is 57.0 Å². The molecule has 0 atom stereocenters. The Kier molecular flexibility index (Phi) is 8.05. The summed E-state index contributed by atoms with van der Waals surface area (Å²) in [6.07, 6.45) is 8.54. The Hall–Kier alpha value is -1.54. The van der Waals surface area contributed by atoms with Gasteiger partial charge < -0.3 is 20.9 Å². The monoisotopic (exact) mass is 526 g/mol. The predicted octanol–water partition coefficient (Wildman–Crippen LogP) is 6.09. The number of nitrogens with one attached hydrogen (secondary N) is 3. The summed E-state index contributed by atoms with van der Waals surface area (Å²) in [7, 11) is 4.11. The van der Waals surface area contributed by atoms with Crippen LogP contribution >= 0.6 is 47.0 Å². The van der Waals surface area contributed by atoms with Crippen molar-refractivity contribution in [3.8, 4) is 0 Å². The molecule has 4 rings (SSSR count). The van der Waals surface area contributed by atoms with Gasteiger partial charge >= 0.3 is 0 Å². The molecule has 33 heavy (non-hydrogen) atoms. The second-order valence-electron chi connectivity index (χ2n) is 8.93. The van der Waals surface area contributed by atoms with Crippen molar-refractivity contribution in [2.75, 3.05) is 29.6 Å². The van der Waals surface area contributed by atoms with Crippen molar-refractivity contribution >= 4 is 69.6 Å². The van der Waals surface area contributed by atoms with Crippen LogP contribution in [0.1, 0.15) is 49.8 Å². The zero-order valence-electron chi connectivity index (χ0n) is 18.9. The molecule has 1 aromatic carbocycles. The SMILES string of the molecule is CN(C)c1nc(NC2CCC(NC(=S)Nc3c(Cl)cc(Cl)cc3Cl)CC2)nc2c1CCCC2. The van der Waals surface area contributed by atoms with Gasteiger partial charge in [-0.25, -0.2) is 4.98 Å². The topological polar surface area (TPSA) is 65.1 Å². The molecule has 2 aliphatic carbocycles. The summed E-state index contributed by atoms with van der Waals surface area (Å²) in [5.41, 5.74) is 3.08. The summed E-state index contributed by atoms with van der Waals surface area (Å²) in [6, 6.07) is 3.92. The van der Waals surface area contributed by atoms with Crippen LogP contribution in [-0.4, -0.2) is 41.3 Å². The zero-order valence-corrected chi connectivity index (χ0v) is 21.9. The van der Waals surface area contributed by atoms with Crippen LogP contribution in [0.15, 0.2) is 12.1 Å². The number of halogens is 3. The summed E-state index contributed by atoms with van der Waals surface area (Å²) in [6.45, 7) is 0. The number of aromatic nitrogens is 2. The number of hydrogen-bond acceptors (Lipinski definition) is 5. The number of nitrogens with zero attached hydrogens (tertiary/aromatic N) is 3. The molecule has 1 fully saturated rings. The van der Waals surface area contributed by atoms with E-state index in [1.165, 1.54) is 24.1 Å². The molecule has 6 nitrogen and oxygen atoms in total. The molecule has 0 saturated heterocycles.